The molecule has 0 amide bonds. The molecule has 1 N–H and O–H groups in total. The summed E-state index contributed by atoms with van der Waals surface area (Å²) in [4.78, 5) is 28.6. The molecule has 1 atom stereocenters. The summed E-state index contributed by atoms with van der Waals surface area (Å²) in [5, 5.41) is 3.74. The van der Waals surface area contributed by atoms with Gasteiger partial charge in [-0.3, -0.25) is 0 Å². The normalized spacial score (nSPS) is 15.2. The number of carbonyl (C=O) groups excluding carboxylic acids is 2. The first-order valence-corrected chi connectivity index (χ1v) is 14.6. The van der Waals surface area contributed by atoms with Crippen LogP contribution in [0, 0.1) is 0 Å². The van der Waals surface area contributed by atoms with Gasteiger partial charge in [-0.25, -0.2) is 9.59 Å². The lowest BCUT2D eigenvalue weighted by molar-refractivity contribution is -0.139. The highest BCUT2D eigenvalue weighted by atomic mass is 35.5. The number of likely N-dealkylation sites (N-methyl/N-ethyl adjacent to an activating group) is 1. The topological polar surface area (TPSA) is 67.9 Å². The Morgan fingerprint density at radius 2 is 1.40 bits per heavy atom. The van der Waals surface area contributed by atoms with E-state index < -0.39 is 17.9 Å². The number of hydrogen-bond donors (Lipinski definition) is 1. The van der Waals surface area contributed by atoms with Crippen molar-refractivity contribution in [3.63, 3.8) is 0 Å². The molecule has 0 saturated carbocycles. The second-order valence-corrected chi connectivity index (χ2v) is 11.2. The predicted octanol–water partition coefficient (Wildman–Crippen LogP) is 7.10. The minimum absolute atomic E-state index is 0.180. The van der Waals surface area contributed by atoms with Gasteiger partial charge in [-0.2, -0.15) is 0 Å². The molecule has 8 heteroatoms. The van der Waals surface area contributed by atoms with Crippen molar-refractivity contribution in [2.45, 2.75) is 32.1 Å². The summed E-state index contributed by atoms with van der Waals surface area (Å²) in [6, 6.07) is 26.1. The van der Waals surface area contributed by atoms with Crippen LogP contribution < -0.4 is 5.32 Å². The Labute approximate surface area is 257 Å². The van der Waals surface area contributed by atoms with Crippen molar-refractivity contribution >= 4 is 35.1 Å². The monoisotopic (exact) mass is 606 g/mol. The van der Waals surface area contributed by atoms with Gasteiger partial charge in [-0.15, -0.1) is 0 Å². The zero-order valence-corrected chi connectivity index (χ0v) is 25.8. The fraction of sp³-hybridized carbons (Fsp3) is 0.294. The number of carbonyl (C=O) groups is 2. The van der Waals surface area contributed by atoms with E-state index in [0.717, 1.165) is 13.0 Å². The van der Waals surface area contributed by atoms with E-state index in [1.165, 1.54) is 18.2 Å². The molecule has 0 bridgehead atoms. The minimum Gasteiger partial charge on any atom is -0.466 e. The van der Waals surface area contributed by atoms with Crippen LogP contribution in [0.2, 0.25) is 10.0 Å². The van der Waals surface area contributed by atoms with Crippen molar-refractivity contribution in [1.29, 1.82) is 0 Å². The number of methoxy groups -OCH3 is 1. The summed E-state index contributed by atoms with van der Waals surface area (Å²) < 4.78 is 10.9. The lowest BCUT2D eigenvalue weighted by Crippen LogP contribution is -2.33. The fourth-order valence-corrected chi connectivity index (χ4v) is 5.85. The summed E-state index contributed by atoms with van der Waals surface area (Å²) in [6.07, 6.45) is 0.911. The smallest absolute Gasteiger partial charge is 0.336 e. The summed E-state index contributed by atoms with van der Waals surface area (Å²) in [5.74, 6) is -1.64. The predicted molar refractivity (Wildman–Crippen MR) is 168 cm³/mol. The van der Waals surface area contributed by atoms with Gasteiger partial charge in [-0.1, -0.05) is 96.0 Å². The van der Waals surface area contributed by atoms with Crippen molar-refractivity contribution in [3.8, 4) is 0 Å². The van der Waals surface area contributed by atoms with Gasteiger partial charge in [0, 0.05) is 23.9 Å². The summed E-state index contributed by atoms with van der Waals surface area (Å²) in [7, 11) is 3.32. The highest BCUT2D eigenvalue weighted by molar-refractivity contribution is 6.42. The number of nitrogens with zero attached hydrogens (tertiary/aromatic N) is 1. The molecule has 220 valence electrons. The van der Waals surface area contributed by atoms with Crippen LogP contribution in [0.3, 0.4) is 0 Å². The zero-order chi connectivity index (χ0) is 30.2. The maximum Gasteiger partial charge on any atom is 0.336 e. The van der Waals surface area contributed by atoms with E-state index in [1.54, 1.807) is 32.0 Å². The van der Waals surface area contributed by atoms with Gasteiger partial charge in [0.15, 0.2) is 0 Å². The van der Waals surface area contributed by atoms with E-state index in [1.807, 2.05) is 19.2 Å². The number of dihydropyridines is 1. The number of rotatable bonds is 11. The Kier molecular flexibility index (Phi) is 10.9. The first kappa shape index (κ1) is 31.4. The Bertz CT molecular complexity index is 1430. The van der Waals surface area contributed by atoms with Gasteiger partial charge in [0.25, 0.3) is 0 Å². The highest BCUT2D eigenvalue weighted by Gasteiger charge is 2.39. The van der Waals surface area contributed by atoms with Crippen LogP contribution in [0.1, 0.15) is 48.8 Å². The molecular weight excluding hydrogens is 571 g/mol. The van der Waals surface area contributed by atoms with E-state index in [2.05, 4.69) is 58.7 Å². The van der Waals surface area contributed by atoms with Crippen molar-refractivity contribution in [2.75, 3.05) is 33.9 Å². The van der Waals surface area contributed by atoms with Gasteiger partial charge >= 0.3 is 11.9 Å². The van der Waals surface area contributed by atoms with Crippen LogP contribution >= 0.6 is 23.2 Å². The Hall–Kier alpha value is -3.58. The largest absolute Gasteiger partial charge is 0.466 e. The number of esters is 2. The fourth-order valence-electron chi connectivity index (χ4n) is 5.43. The number of benzene rings is 3. The van der Waals surface area contributed by atoms with Crippen molar-refractivity contribution in [2.24, 2.45) is 0 Å². The maximum atomic E-state index is 13.6. The third kappa shape index (κ3) is 7.24. The van der Waals surface area contributed by atoms with Gasteiger partial charge < -0.3 is 19.7 Å². The van der Waals surface area contributed by atoms with Gasteiger partial charge in [0.1, 0.15) is 6.61 Å². The molecular formula is C34H36Cl2N2O4. The number of allylic oxidation sites excluding steroid dienone is 2. The van der Waals surface area contributed by atoms with Crippen LogP contribution in [0.25, 0.3) is 0 Å². The highest BCUT2D eigenvalue weighted by Crippen LogP contribution is 2.43. The number of nitrogens with one attached hydrogen (secondary N) is 1. The number of ether oxygens (including phenoxy) is 2. The Morgan fingerprint density at radius 1 is 0.833 bits per heavy atom. The molecule has 0 spiro atoms. The van der Waals surface area contributed by atoms with Crippen LogP contribution in [0.15, 0.2) is 101 Å². The van der Waals surface area contributed by atoms with E-state index in [-0.39, 0.29) is 23.1 Å². The standard InChI is InChI=1S/C34H36Cl2N2O4/c1-22-29(33(39)41-4)31(27-16-11-17-28(35)32(27)36)30(23(2)37-22)34(40)42-21-20-38(3)19-18-26(24-12-7-5-8-13-24)25-14-9-6-10-15-25/h5-17,26,31,37H,18-21H2,1-4H3. The van der Waals surface area contributed by atoms with Crippen LogP contribution in [0.4, 0.5) is 0 Å². The second kappa shape index (κ2) is 14.5. The van der Waals surface area contributed by atoms with Crippen molar-refractivity contribution < 1.29 is 19.1 Å². The molecule has 0 saturated heterocycles. The molecule has 42 heavy (non-hydrogen) atoms. The lowest BCUT2D eigenvalue weighted by Gasteiger charge is -2.31. The first-order valence-electron chi connectivity index (χ1n) is 13.9. The molecule has 6 nitrogen and oxygen atoms in total. The SMILES string of the molecule is COC(=O)C1=C(C)NC(C)=C(C(=O)OCCN(C)CCC(c2ccccc2)c2ccccc2)C1c1cccc(Cl)c1Cl. The molecule has 1 unspecified atom stereocenters. The third-order valence-electron chi connectivity index (χ3n) is 7.59. The average molecular weight is 608 g/mol. The van der Waals surface area contributed by atoms with E-state index >= 15 is 0 Å². The number of hydrogen-bond acceptors (Lipinski definition) is 6. The molecule has 0 fully saturated rings. The maximum absolute atomic E-state index is 13.6. The molecule has 3 aromatic rings. The Morgan fingerprint density at radius 3 is 1.98 bits per heavy atom. The zero-order valence-electron chi connectivity index (χ0n) is 24.3. The second-order valence-electron chi connectivity index (χ2n) is 10.4. The molecule has 4 rings (SSSR count). The summed E-state index contributed by atoms with van der Waals surface area (Å²) in [5.41, 5.74) is 4.79. The van der Waals surface area contributed by atoms with E-state index in [0.29, 0.717) is 34.1 Å². The first-order chi connectivity index (χ1) is 20.2. The van der Waals surface area contributed by atoms with E-state index in [9.17, 15) is 9.59 Å². The van der Waals surface area contributed by atoms with Crippen LogP contribution in [-0.4, -0.2) is 50.7 Å². The van der Waals surface area contributed by atoms with Crippen LogP contribution in [-0.2, 0) is 19.1 Å². The number of halogens is 2. The molecule has 1 aliphatic rings. The van der Waals surface area contributed by atoms with Gasteiger partial charge in [-0.05, 0) is 56.6 Å². The Balaban J connectivity index is 1.46. The molecule has 0 aliphatic carbocycles. The van der Waals surface area contributed by atoms with Crippen molar-refractivity contribution in [1.82, 2.24) is 10.2 Å². The molecule has 1 heterocycles. The van der Waals surface area contributed by atoms with Crippen molar-refractivity contribution in [3.05, 3.63) is 128 Å². The minimum atomic E-state index is -0.798. The summed E-state index contributed by atoms with van der Waals surface area (Å²) >= 11 is 12.9. The molecule has 1 aliphatic heterocycles. The quantitative estimate of drug-likeness (QED) is 0.235. The molecule has 0 radical (unpaired) electrons. The lowest BCUT2D eigenvalue weighted by atomic mass is 9.80. The van der Waals surface area contributed by atoms with Gasteiger partial charge in [0.05, 0.1) is 34.2 Å². The van der Waals surface area contributed by atoms with E-state index in [4.69, 9.17) is 32.7 Å². The van der Waals surface area contributed by atoms with Crippen LogP contribution in [0.5, 0.6) is 0 Å². The average Bonchev–Trinajstić information content (AvgIpc) is 2.99. The molecule has 0 aromatic heterocycles. The summed E-state index contributed by atoms with van der Waals surface area (Å²) in [6.45, 7) is 5.07. The third-order valence-corrected chi connectivity index (χ3v) is 8.42. The van der Waals surface area contributed by atoms with Gasteiger partial charge in [0.2, 0.25) is 0 Å². The molecule has 3 aromatic carbocycles.